The highest BCUT2D eigenvalue weighted by molar-refractivity contribution is 8.76. The van der Waals surface area contributed by atoms with Crippen molar-refractivity contribution in [3.8, 4) is 0 Å². The van der Waals surface area contributed by atoms with Gasteiger partial charge < -0.3 is 16.8 Å². The highest BCUT2D eigenvalue weighted by atomic mass is 33.1. The van der Waals surface area contributed by atoms with E-state index in [0.29, 0.717) is 18.6 Å². The lowest BCUT2D eigenvalue weighted by Crippen LogP contribution is -2.49. The summed E-state index contributed by atoms with van der Waals surface area (Å²) in [6.45, 7) is 4.26. The van der Waals surface area contributed by atoms with Crippen LogP contribution in [0.15, 0.2) is 0 Å². The third-order valence-corrected chi connectivity index (χ3v) is 7.31. The van der Waals surface area contributed by atoms with E-state index in [2.05, 4.69) is 24.5 Å². The maximum absolute atomic E-state index is 12.6. The zero-order valence-electron chi connectivity index (χ0n) is 19.7. The predicted octanol–water partition coefficient (Wildman–Crippen LogP) is 3.03. The molecule has 0 aromatic rings. The lowest BCUT2D eigenvalue weighted by molar-refractivity contribution is -0.133. The van der Waals surface area contributed by atoms with Gasteiger partial charge in [0.25, 0.3) is 0 Å². The lowest BCUT2D eigenvalue weighted by atomic mass is 10.1. The van der Waals surface area contributed by atoms with Gasteiger partial charge in [-0.25, -0.2) is 0 Å². The number of unbranched alkanes of at least 4 members (excludes halogenated alkanes) is 8. The Balaban J connectivity index is 4.57. The molecule has 0 radical (unpaired) electrons. The summed E-state index contributed by atoms with van der Waals surface area (Å²) in [6.07, 6.45) is 10.8. The fourth-order valence-corrected chi connectivity index (χ4v) is 5.13. The first-order chi connectivity index (χ1) is 15.3. The molecular weight excluding hydrogens is 448 g/mol. The molecule has 0 spiro atoms. The van der Waals surface area contributed by atoms with Crippen molar-refractivity contribution in [1.29, 1.82) is 0 Å². The number of hydrogen-bond donors (Lipinski definition) is 4. The van der Waals surface area contributed by atoms with E-state index in [1.54, 1.807) is 0 Å². The van der Waals surface area contributed by atoms with Gasteiger partial charge in [0.05, 0.1) is 6.04 Å². The minimum absolute atomic E-state index is 0.201. The van der Waals surface area contributed by atoms with Gasteiger partial charge in [0.1, 0.15) is 6.04 Å². The number of nitrogens with two attached hydrogens (primary N) is 2. The van der Waals surface area contributed by atoms with Crippen molar-refractivity contribution in [3.63, 3.8) is 0 Å². The summed E-state index contributed by atoms with van der Waals surface area (Å²) in [4.78, 5) is 48.1. The fraction of sp³-hybridized carbons (Fsp3) is 0.818. The number of primary amides is 1. The Morgan fingerprint density at radius 2 is 1.25 bits per heavy atom. The van der Waals surface area contributed by atoms with E-state index in [1.165, 1.54) is 21.6 Å². The summed E-state index contributed by atoms with van der Waals surface area (Å²) >= 11 is 0. The van der Waals surface area contributed by atoms with Gasteiger partial charge in [-0.15, -0.1) is 0 Å². The first-order valence-corrected chi connectivity index (χ1v) is 14.2. The zero-order valence-corrected chi connectivity index (χ0v) is 21.3. The smallest absolute Gasteiger partial charge is 0.250 e. The highest BCUT2D eigenvalue weighted by Gasteiger charge is 2.23. The Bertz CT molecular complexity index is 564. The average Bonchev–Trinajstić information content (AvgIpc) is 2.75. The molecule has 186 valence electrons. The Kier molecular flexibility index (Phi) is 19.6. The van der Waals surface area contributed by atoms with Crippen LogP contribution in [-0.4, -0.2) is 47.2 Å². The normalized spacial score (nSPS) is 12.7. The minimum Gasteiger partial charge on any atom is -0.368 e. The van der Waals surface area contributed by atoms with Crippen molar-refractivity contribution in [2.24, 2.45) is 11.5 Å². The zero-order chi connectivity index (χ0) is 24.2. The highest BCUT2D eigenvalue weighted by Crippen LogP contribution is 2.22. The van der Waals surface area contributed by atoms with E-state index < -0.39 is 23.9 Å². The number of carbonyl (C=O) groups is 4. The van der Waals surface area contributed by atoms with Crippen molar-refractivity contribution in [3.05, 3.63) is 0 Å². The standard InChI is InChI=1S/C22H42N4O4S2/c1-3-5-7-9-11-13-19(27)25-18(16-32-31-15-17(23)21(24)29)22(30)26-20(28)14-12-10-8-6-4-2/h17-18H,3-16,23H2,1-2H3,(H2,24,29)(H,25,27)(H,26,28,30)/t17-,18-/m0/s1. The van der Waals surface area contributed by atoms with Crippen molar-refractivity contribution >= 4 is 45.2 Å². The van der Waals surface area contributed by atoms with E-state index in [9.17, 15) is 19.2 Å². The second-order valence-corrected chi connectivity index (χ2v) is 10.5. The molecule has 0 aliphatic heterocycles. The van der Waals surface area contributed by atoms with Gasteiger partial charge in [0.15, 0.2) is 0 Å². The molecule has 2 atom stereocenters. The fourth-order valence-electron chi connectivity index (χ4n) is 2.83. The molecule has 10 heteroatoms. The van der Waals surface area contributed by atoms with Gasteiger partial charge in [-0.1, -0.05) is 86.8 Å². The van der Waals surface area contributed by atoms with Gasteiger partial charge in [0.2, 0.25) is 23.6 Å². The van der Waals surface area contributed by atoms with Crippen molar-refractivity contribution in [2.75, 3.05) is 11.5 Å². The monoisotopic (exact) mass is 490 g/mol. The average molecular weight is 491 g/mol. The summed E-state index contributed by atoms with van der Waals surface area (Å²) < 4.78 is 0. The van der Waals surface area contributed by atoms with Gasteiger partial charge in [-0.05, 0) is 12.8 Å². The number of hydrogen-bond acceptors (Lipinski definition) is 7. The second-order valence-electron chi connectivity index (χ2n) is 7.94. The van der Waals surface area contributed by atoms with E-state index in [-0.39, 0.29) is 17.6 Å². The number of amides is 4. The summed E-state index contributed by atoms with van der Waals surface area (Å²) in [5.74, 6) is -1.06. The molecule has 0 unspecified atom stereocenters. The van der Waals surface area contributed by atoms with Gasteiger partial charge in [-0.3, -0.25) is 24.5 Å². The molecule has 0 aliphatic carbocycles. The Morgan fingerprint density at radius 1 is 0.750 bits per heavy atom. The van der Waals surface area contributed by atoms with Crippen LogP contribution in [0.2, 0.25) is 0 Å². The van der Waals surface area contributed by atoms with Crippen LogP contribution in [0.1, 0.15) is 90.9 Å². The molecule has 0 heterocycles. The molecule has 8 nitrogen and oxygen atoms in total. The van der Waals surface area contributed by atoms with Gasteiger partial charge in [-0.2, -0.15) is 0 Å². The topological polar surface area (TPSA) is 144 Å². The SMILES string of the molecule is CCCCCCCC(=O)NC(=O)[C@H](CSSC[C@H](N)C(N)=O)NC(=O)CCCCCCC. The number of carbonyl (C=O) groups excluding carboxylic acids is 4. The molecule has 0 aliphatic rings. The van der Waals surface area contributed by atoms with Gasteiger partial charge in [0, 0.05) is 24.3 Å². The third kappa shape index (κ3) is 17.3. The molecule has 0 aromatic carbocycles. The molecule has 0 aromatic heterocycles. The van der Waals surface area contributed by atoms with E-state index in [4.69, 9.17) is 11.5 Å². The van der Waals surface area contributed by atoms with Crippen molar-refractivity contribution in [2.45, 2.75) is 103 Å². The second kappa shape index (κ2) is 20.4. The molecule has 6 N–H and O–H groups in total. The van der Waals surface area contributed by atoms with Crippen molar-refractivity contribution < 1.29 is 19.2 Å². The maximum atomic E-state index is 12.6. The van der Waals surface area contributed by atoms with Crippen LogP contribution in [-0.2, 0) is 19.2 Å². The molecular formula is C22H42N4O4S2. The molecule has 0 bridgehead atoms. The molecule has 0 fully saturated rings. The first-order valence-electron chi connectivity index (χ1n) is 11.7. The van der Waals surface area contributed by atoms with Crippen LogP contribution < -0.4 is 22.1 Å². The van der Waals surface area contributed by atoms with Crippen LogP contribution in [0.5, 0.6) is 0 Å². The molecule has 0 saturated heterocycles. The van der Waals surface area contributed by atoms with E-state index in [0.717, 1.165) is 64.2 Å². The quantitative estimate of drug-likeness (QED) is 0.152. The Labute approximate surface area is 200 Å². The molecule has 4 amide bonds. The van der Waals surface area contributed by atoms with Crippen LogP contribution in [0.4, 0.5) is 0 Å². The number of nitrogens with one attached hydrogen (secondary N) is 2. The van der Waals surface area contributed by atoms with Gasteiger partial charge >= 0.3 is 0 Å². The van der Waals surface area contributed by atoms with Crippen LogP contribution >= 0.6 is 21.6 Å². The number of rotatable bonds is 20. The lowest BCUT2D eigenvalue weighted by Gasteiger charge is -2.18. The maximum Gasteiger partial charge on any atom is 0.250 e. The summed E-state index contributed by atoms with van der Waals surface area (Å²) in [6, 6.07) is -1.60. The minimum atomic E-state index is -0.829. The van der Waals surface area contributed by atoms with Crippen LogP contribution in [0, 0.1) is 0 Å². The summed E-state index contributed by atoms with van der Waals surface area (Å²) in [5.41, 5.74) is 10.7. The third-order valence-electron chi connectivity index (χ3n) is 4.86. The van der Waals surface area contributed by atoms with Crippen molar-refractivity contribution in [1.82, 2.24) is 10.6 Å². The molecule has 0 saturated carbocycles. The summed E-state index contributed by atoms with van der Waals surface area (Å²) in [5, 5.41) is 5.16. The molecule has 32 heavy (non-hydrogen) atoms. The Hall–Kier alpha value is -1.26. The first kappa shape index (κ1) is 30.7. The number of imide groups is 1. The largest absolute Gasteiger partial charge is 0.368 e. The summed E-state index contributed by atoms with van der Waals surface area (Å²) in [7, 11) is 2.61. The van der Waals surface area contributed by atoms with Crippen LogP contribution in [0.3, 0.4) is 0 Å². The Morgan fingerprint density at radius 3 is 1.78 bits per heavy atom. The van der Waals surface area contributed by atoms with E-state index in [1.807, 2.05) is 0 Å². The van der Waals surface area contributed by atoms with Crippen LogP contribution in [0.25, 0.3) is 0 Å². The molecule has 0 rings (SSSR count). The predicted molar refractivity (Wildman–Crippen MR) is 134 cm³/mol. The van der Waals surface area contributed by atoms with E-state index >= 15 is 0 Å².